The second kappa shape index (κ2) is 26.9. The molecule has 1 unspecified atom stereocenters. The van der Waals surface area contributed by atoms with Gasteiger partial charge in [-0.05, 0) is 129 Å². The number of benzene rings is 4. The molecule has 0 aliphatic heterocycles. The molecule has 12 heteroatoms. The van der Waals surface area contributed by atoms with E-state index in [2.05, 4.69) is 13.2 Å². The van der Waals surface area contributed by atoms with Crippen molar-refractivity contribution >= 4 is 35.9 Å². The zero-order chi connectivity index (χ0) is 43.5. The maximum Gasteiger partial charge on any atom is 0.343 e. The van der Waals surface area contributed by atoms with Crippen LogP contribution in [-0.4, -0.2) is 62.9 Å². The van der Waals surface area contributed by atoms with Gasteiger partial charge in [0.2, 0.25) is 0 Å². The summed E-state index contributed by atoms with van der Waals surface area (Å²) in [4.78, 5) is 60.8. The molecule has 0 aliphatic carbocycles. The zero-order valence-corrected chi connectivity index (χ0v) is 34.2. The summed E-state index contributed by atoms with van der Waals surface area (Å²) in [5.74, 6) is -1.11. The third kappa shape index (κ3) is 18.2. The summed E-state index contributed by atoms with van der Waals surface area (Å²) >= 11 is 0. The summed E-state index contributed by atoms with van der Waals surface area (Å²) < 4.78 is 38.3. The molecule has 0 heterocycles. The van der Waals surface area contributed by atoms with Gasteiger partial charge in [0.15, 0.2) is 6.10 Å². The highest BCUT2D eigenvalue weighted by atomic mass is 16.6. The Morgan fingerprint density at radius 2 is 0.967 bits per heavy atom. The third-order valence-corrected chi connectivity index (χ3v) is 8.92. The molecule has 0 aromatic heterocycles. The van der Waals surface area contributed by atoms with Crippen LogP contribution in [0.2, 0.25) is 0 Å². The van der Waals surface area contributed by atoms with Crippen LogP contribution in [0.3, 0.4) is 0 Å². The maximum absolute atomic E-state index is 13.2. The second-order valence-corrected chi connectivity index (χ2v) is 13.5. The summed E-state index contributed by atoms with van der Waals surface area (Å²) in [5, 5.41) is 0. The second-order valence-electron chi connectivity index (χ2n) is 13.5. The van der Waals surface area contributed by atoms with E-state index in [1.165, 1.54) is 30.3 Å². The molecular weight excluding hydrogens is 781 g/mol. The van der Waals surface area contributed by atoms with E-state index in [9.17, 15) is 24.0 Å². The first-order valence-corrected chi connectivity index (χ1v) is 20.2. The van der Waals surface area contributed by atoms with Crippen LogP contribution in [0.4, 0.5) is 0 Å². The molecule has 4 aromatic rings. The van der Waals surface area contributed by atoms with Crippen molar-refractivity contribution in [2.45, 2.75) is 57.5 Å². The molecule has 12 nitrogen and oxygen atoms in total. The Morgan fingerprint density at radius 3 is 1.49 bits per heavy atom. The maximum atomic E-state index is 13.2. The number of carbonyl (C=O) groups excluding carboxylic acids is 5. The van der Waals surface area contributed by atoms with Crippen molar-refractivity contribution in [1.29, 1.82) is 0 Å². The van der Waals surface area contributed by atoms with Crippen molar-refractivity contribution in [3.8, 4) is 17.2 Å². The molecule has 0 amide bonds. The summed E-state index contributed by atoms with van der Waals surface area (Å²) in [6, 6.07) is 28.8. The fourth-order valence-corrected chi connectivity index (χ4v) is 5.58. The predicted octanol–water partition coefficient (Wildman–Crippen LogP) is 9.40. The summed E-state index contributed by atoms with van der Waals surface area (Å²) in [6.07, 6.45) is 11.3. The zero-order valence-electron chi connectivity index (χ0n) is 34.2. The van der Waals surface area contributed by atoms with Crippen LogP contribution in [0.5, 0.6) is 17.2 Å². The van der Waals surface area contributed by atoms with Gasteiger partial charge >= 0.3 is 29.8 Å². The van der Waals surface area contributed by atoms with Crippen molar-refractivity contribution < 1.29 is 57.1 Å². The van der Waals surface area contributed by atoms with E-state index in [1.54, 1.807) is 54.6 Å². The van der Waals surface area contributed by atoms with E-state index >= 15 is 0 Å². The average Bonchev–Trinajstić information content (AvgIpc) is 3.29. The number of esters is 5. The highest BCUT2D eigenvalue weighted by Crippen LogP contribution is 2.23. The summed E-state index contributed by atoms with van der Waals surface area (Å²) in [6.45, 7) is 8.33. The molecule has 0 radical (unpaired) electrons. The lowest BCUT2D eigenvalue weighted by Crippen LogP contribution is -2.18. The molecular formula is C49H52O12. The minimum Gasteiger partial charge on any atom is -0.494 e. The Labute approximate surface area is 356 Å². The lowest BCUT2D eigenvalue weighted by molar-refractivity contribution is -0.141. The largest absolute Gasteiger partial charge is 0.494 e. The van der Waals surface area contributed by atoms with Gasteiger partial charge in [-0.1, -0.05) is 55.6 Å². The van der Waals surface area contributed by atoms with E-state index in [0.717, 1.165) is 69.1 Å². The third-order valence-electron chi connectivity index (χ3n) is 8.92. The van der Waals surface area contributed by atoms with Gasteiger partial charge in [0.05, 0.1) is 37.6 Å². The monoisotopic (exact) mass is 832 g/mol. The van der Waals surface area contributed by atoms with E-state index in [1.807, 2.05) is 30.3 Å². The summed E-state index contributed by atoms with van der Waals surface area (Å²) in [5.41, 5.74) is 1.94. The molecule has 0 N–H and O–H groups in total. The highest BCUT2D eigenvalue weighted by Gasteiger charge is 2.20. The van der Waals surface area contributed by atoms with Crippen LogP contribution in [0.1, 0.15) is 89.3 Å². The van der Waals surface area contributed by atoms with Crippen molar-refractivity contribution in [2.24, 2.45) is 0 Å². The lowest BCUT2D eigenvalue weighted by Gasteiger charge is -2.18. The van der Waals surface area contributed by atoms with Crippen molar-refractivity contribution in [1.82, 2.24) is 0 Å². The molecule has 0 spiro atoms. The molecule has 0 saturated carbocycles. The standard InChI is InChI=1S/C49H52O12/c1-3-45(50)57-34-14-7-5-12-32-55-41-25-18-37(19-26-41)20-31-47(52)59-36-44(38-16-10-9-11-17-38)61-49(54)40-23-29-43(30-24-40)60-48(53)39-21-27-42(28-22-39)56-33-13-6-8-15-35-58-46(51)4-2/h3-4,9-11,16-31,44H,1-2,5-8,12-15,32-36H2. The normalized spacial score (nSPS) is 11.1. The van der Waals surface area contributed by atoms with Crippen LogP contribution >= 0.6 is 0 Å². The Balaban J connectivity index is 1.18. The first-order chi connectivity index (χ1) is 29.7. The van der Waals surface area contributed by atoms with Gasteiger partial charge in [0.1, 0.15) is 23.9 Å². The topological polar surface area (TPSA) is 150 Å². The van der Waals surface area contributed by atoms with Crippen molar-refractivity contribution in [3.63, 3.8) is 0 Å². The van der Waals surface area contributed by atoms with Crippen molar-refractivity contribution in [2.75, 3.05) is 33.0 Å². The molecule has 4 rings (SSSR count). The number of hydrogen-bond donors (Lipinski definition) is 0. The Hall–Kier alpha value is -6.95. The smallest absolute Gasteiger partial charge is 0.343 e. The first kappa shape index (κ1) is 46.7. The van der Waals surface area contributed by atoms with E-state index in [-0.39, 0.29) is 17.9 Å². The molecule has 320 valence electrons. The number of rotatable bonds is 27. The number of unbranched alkanes of at least 4 members (excludes halogenated alkanes) is 6. The first-order valence-electron chi connectivity index (χ1n) is 20.2. The lowest BCUT2D eigenvalue weighted by atomic mass is 10.1. The average molecular weight is 833 g/mol. The van der Waals surface area contributed by atoms with Crippen LogP contribution in [-0.2, 0) is 33.3 Å². The molecule has 1 atom stereocenters. The molecule has 4 aromatic carbocycles. The molecule has 0 saturated heterocycles. The molecule has 61 heavy (non-hydrogen) atoms. The Bertz CT molecular complexity index is 2020. The number of hydrogen-bond acceptors (Lipinski definition) is 12. The molecule has 0 fully saturated rings. The fourth-order valence-electron chi connectivity index (χ4n) is 5.58. The number of carbonyl (C=O) groups is 5. The van der Waals surface area contributed by atoms with E-state index < -0.39 is 36.0 Å². The van der Waals surface area contributed by atoms with Gasteiger partial charge in [-0.15, -0.1) is 0 Å². The Morgan fingerprint density at radius 1 is 0.492 bits per heavy atom. The van der Waals surface area contributed by atoms with Gasteiger partial charge in [-0.2, -0.15) is 0 Å². The predicted molar refractivity (Wildman–Crippen MR) is 229 cm³/mol. The van der Waals surface area contributed by atoms with Crippen LogP contribution < -0.4 is 14.2 Å². The molecule has 0 bridgehead atoms. The van der Waals surface area contributed by atoms with Crippen LogP contribution in [0, 0.1) is 0 Å². The SMILES string of the molecule is C=CC(=O)OCCCCCCOc1ccc(C=CC(=O)OCC(OC(=O)c2ccc(OC(=O)c3ccc(OCCCCCCOC(=O)C=C)cc3)cc2)c2ccccc2)cc1. The van der Waals surface area contributed by atoms with E-state index in [0.29, 0.717) is 49.1 Å². The quantitative estimate of drug-likeness (QED) is 0.0185. The Kier molecular flexibility index (Phi) is 20.6. The highest BCUT2D eigenvalue weighted by molar-refractivity contribution is 5.92. The van der Waals surface area contributed by atoms with Crippen molar-refractivity contribution in [3.05, 3.63) is 157 Å². The van der Waals surface area contributed by atoms with Crippen LogP contribution in [0.15, 0.2) is 135 Å². The molecule has 0 aliphatic rings. The minimum atomic E-state index is -0.887. The van der Waals surface area contributed by atoms with Gasteiger partial charge in [0, 0.05) is 18.2 Å². The van der Waals surface area contributed by atoms with Gasteiger partial charge in [-0.25, -0.2) is 24.0 Å². The van der Waals surface area contributed by atoms with E-state index in [4.69, 9.17) is 33.2 Å². The minimum absolute atomic E-state index is 0.209. The van der Waals surface area contributed by atoms with Gasteiger partial charge < -0.3 is 33.2 Å². The number of ether oxygens (including phenoxy) is 7. The van der Waals surface area contributed by atoms with Gasteiger partial charge in [0.25, 0.3) is 0 Å². The van der Waals surface area contributed by atoms with Crippen LogP contribution in [0.25, 0.3) is 6.08 Å². The van der Waals surface area contributed by atoms with Gasteiger partial charge in [-0.3, -0.25) is 0 Å². The summed E-state index contributed by atoms with van der Waals surface area (Å²) in [7, 11) is 0. The fraction of sp³-hybridized carbons (Fsp3) is 0.286.